The summed E-state index contributed by atoms with van der Waals surface area (Å²) in [5, 5.41) is 19.4. The lowest BCUT2D eigenvalue weighted by molar-refractivity contribution is -0.385. The molecule has 3 aromatic rings. The summed E-state index contributed by atoms with van der Waals surface area (Å²) >= 11 is 1.24. The molecule has 3 rings (SSSR count). The maximum atomic E-state index is 13.0. The van der Waals surface area contributed by atoms with E-state index in [0.717, 1.165) is 0 Å². The fourth-order valence-electron chi connectivity index (χ4n) is 2.12. The Morgan fingerprint density at radius 3 is 2.58 bits per heavy atom. The van der Waals surface area contributed by atoms with E-state index in [4.69, 9.17) is 5.84 Å². The van der Waals surface area contributed by atoms with Crippen molar-refractivity contribution in [2.45, 2.75) is 10.9 Å². The first-order valence-electron chi connectivity index (χ1n) is 6.88. The molecule has 0 aliphatic rings. The number of nitrogen functional groups attached to an aromatic ring is 1. The summed E-state index contributed by atoms with van der Waals surface area (Å²) in [5.41, 5.74) is 1.25. The van der Waals surface area contributed by atoms with Crippen molar-refractivity contribution in [3.8, 4) is 11.4 Å². The summed E-state index contributed by atoms with van der Waals surface area (Å²) in [5.74, 6) is 6.34. The van der Waals surface area contributed by atoms with Gasteiger partial charge in [-0.25, -0.2) is 9.07 Å². The van der Waals surface area contributed by atoms with Crippen LogP contribution in [0.25, 0.3) is 11.4 Å². The first-order valence-corrected chi connectivity index (χ1v) is 7.86. The SMILES string of the molecule is Nn1c(SCc2ccccc2[N+](=O)[O-])nnc1-c1ccc(F)cc1. The average molecular weight is 345 g/mol. The molecule has 0 amide bonds. The zero-order valence-corrected chi connectivity index (χ0v) is 13.1. The normalized spacial score (nSPS) is 10.7. The van der Waals surface area contributed by atoms with Crippen LogP contribution in [0.5, 0.6) is 0 Å². The molecule has 0 spiro atoms. The zero-order chi connectivity index (χ0) is 17.1. The topological polar surface area (TPSA) is 99.9 Å². The third kappa shape index (κ3) is 3.20. The van der Waals surface area contributed by atoms with Gasteiger partial charge in [0.25, 0.3) is 5.69 Å². The highest BCUT2D eigenvalue weighted by Gasteiger charge is 2.16. The predicted octanol–water partition coefficient (Wildman–Crippen LogP) is 3.00. The standard InChI is InChI=1S/C15H12FN5O2S/c16-12-7-5-10(6-8-12)14-18-19-15(20(14)17)24-9-11-3-1-2-4-13(11)21(22)23/h1-8H,9,17H2. The number of hydrogen-bond donors (Lipinski definition) is 1. The number of halogens is 1. The van der Waals surface area contributed by atoms with E-state index in [1.54, 1.807) is 30.3 Å². The third-order valence-electron chi connectivity index (χ3n) is 3.31. The molecule has 2 N–H and O–H groups in total. The summed E-state index contributed by atoms with van der Waals surface area (Å²) in [6.07, 6.45) is 0. The highest BCUT2D eigenvalue weighted by Crippen LogP contribution is 2.28. The molecule has 0 unspecified atom stereocenters. The van der Waals surface area contributed by atoms with Crippen LogP contribution >= 0.6 is 11.8 Å². The number of rotatable bonds is 5. The van der Waals surface area contributed by atoms with Crippen molar-refractivity contribution < 1.29 is 9.31 Å². The molecule has 7 nitrogen and oxygen atoms in total. The van der Waals surface area contributed by atoms with E-state index in [9.17, 15) is 14.5 Å². The number of benzene rings is 2. The maximum absolute atomic E-state index is 13.0. The van der Waals surface area contributed by atoms with Crippen LogP contribution in [0.15, 0.2) is 53.7 Å². The van der Waals surface area contributed by atoms with Crippen LogP contribution in [0.2, 0.25) is 0 Å². The number of aromatic nitrogens is 3. The summed E-state index contributed by atoms with van der Waals surface area (Å²) < 4.78 is 14.3. The molecule has 0 bridgehead atoms. The molecule has 122 valence electrons. The van der Waals surface area contributed by atoms with Gasteiger partial charge in [-0.1, -0.05) is 30.0 Å². The van der Waals surface area contributed by atoms with Crippen LogP contribution < -0.4 is 5.84 Å². The minimum atomic E-state index is -0.424. The molecule has 1 heterocycles. The van der Waals surface area contributed by atoms with Gasteiger partial charge in [-0.05, 0) is 24.3 Å². The summed E-state index contributed by atoms with van der Waals surface area (Å²) in [6, 6.07) is 12.2. The predicted molar refractivity (Wildman–Crippen MR) is 88.2 cm³/mol. The van der Waals surface area contributed by atoms with Crippen molar-refractivity contribution in [1.82, 2.24) is 14.9 Å². The molecular weight excluding hydrogens is 333 g/mol. The van der Waals surface area contributed by atoms with Crippen LogP contribution in [0, 0.1) is 15.9 Å². The highest BCUT2D eigenvalue weighted by atomic mass is 32.2. The number of nitrogens with zero attached hydrogens (tertiary/aromatic N) is 4. The Balaban J connectivity index is 1.80. The van der Waals surface area contributed by atoms with Gasteiger partial charge in [-0.3, -0.25) is 10.1 Å². The first-order chi connectivity index (χ1) is 11.6. The maximum Gasteiger partial charge on any atom is 0.273 e. The molecule has 24 heavy (non-hydrogen) atoms. The van der Waals surface area contributed by atoms with E-state index in [1.165, 1.54) is 34.6 Å². The number of hydrogen-bond acceptors (Lipinski definition) is 6. The Bertz CT molecular complexity index is 882. The Labute approximate surface area is 140 Å². The second kappa shape index (κ2) is 6.67. The molecule has 0 fully saturated rings. The largest absolute Gasteiger partial charge is 0.335 e. The van der Waals surface area contributed by atoms with Gasteiger partial charge in [0, 0.05) is 22.9 Å². The van der Waals surface area contributed by atoms with E-state index >= 15 is 0 Å². The second-order valence-corrected chi connectivity index (χ2v) is 5.80. The summed E-state index contributed by atoms with van der Waals surface area (Å²) in [6.45, 7) is 0. The molecule has 0 radical (unpaired) electrons. The molecule has 1 aromatic heterocycles. The first kappa shape index (κ1) is 15.9. The van der Waals surface area contributed by atoms with Crippen molar-refractivity contribution in [2.24, 2.45) is 0 Å². The average Bonchev–Trinajstić information content (AvgIpc) is 2.95. The smallest absolute Gasteiger partial charge is 0.273 e. The van der Waals surface area contributed by atoms with Gasteiger partial charge in [0.2, 0.25) is 5.16 Å². The molecule has 0 atom stereocenters. The molecule has 0 aliphatic carbocycles. The second-order valence-electron chi connectivity index (χ2n) is 4.86. The monoisotopic (exact) mass is 345 g/mol. The minimum Gasteiger partial charge on any atom is -0.335 e. The lowest BCUT2D eigenvalue weighted by Gasteiger charge is -2.04. The van der Waals surface area contributed by atoms with Crippen molar-refractivity contribution in [3.05, 3.63) is 70.0 Å². The number of para-hydroxylation sites is 1. The van der Waals surface area contributed by atoms with Crippen LogP contribution in [0.3, 0.4) is 0 Å². The fraction of sp³-hybridized carbons (Fsp3) is 0.0667. The van der Waals surface area contributed by atoms with Gasteiger partial charge in [0.05, 0.1) is 4.92 Å². The molecule has 9 heteroatoms. The van der Waals surface area contributed by atoms with Gasteiger partial charge in [0.15, 0.2) is 5.82 Å². The van der Waals surface area contributed by atoms with Gasteiger partial charge in [-0.2, -0.15) is 0 Å². The van der Waals surface area contributed by atoms with Crippen molar-refractivity contribution in [2.75, 3.05) is 5.84 Å². The molecule has 0 aliphatic heterocycles. The van der Waals surface area contributed by atoms with Crippen molar-refractivity contribution in [3.63, 3.8) is 0 Å². The van der Waals surface area contributed by atoms with Crippen LogP contribution in [-0.2, 0) is 5.75 Å². The Morgan fingerprint density at radius 1 is 1.17 bits per heavy atom. The van der Waals surface area contributed by atoms with Gasteiger partial charge < -0.3 is 5.84 Å². The van der Waals surface area contributed by atoms with Crippen LogP contribution in [0.1, 0.15) is 5.56 Å². The lowest BCUT2D eigenvalue weighted by Crippen LogP contribution is -2.11. The van der Waals surface area contributed by atoms with Gasteiger partial charge >= 0.3 is 0 Å². The molecule has 0 saturated heterocycles. The third-order valence-corrected chi connectivity index (χ3v) is 4.30. The quantitative estimate of drug-likeness (QED) is 0.330. The number of thioether (sulfide) groups is 1. The number of nitro benzene ring substituents is 1. The Hall–Kier alpha value is -2.94. The van der Waals surface area contributed by atoms with E-state index in [-0.39, 0.29) is 11.5 Å². The number of nitrogens with two attached hydrogens (primary N) is 1. The van der Waals surface area contributed by atoms with Crippen molar-refractivity contribution in [1.29, 1.82) is 0 Å². The Morgan fingerprint density at radius 2 is 1.88 bits per heavy atom. The van der Waals surface area contributed by atoms with E-state index < -0.39 is 4.92 Å². The molecular formula is C15H12FN5O2S. The summed E-state index contributed by atoms with van der Waals surface area (Å²) in [7, 11) is 0. The van der Waals surface area contributed by atoms with E-state index in [0.29, 0.717) is 27.9 Å². The Kier molecular flexibility index (Phi) is 4.43. The minimum absolute atomic E-state index is 0.0480. The fourth-order valence-corrected chi connectivity index (χ4v) is 2.98. The van der Waals surface area contributed by atoms with Crippen LogP contribution in [0.4, 0.5) is 10.1 Å². The number of nitro groups is 1. The zero-order valence-electron chi connectivity index (χ0n) is 12.3. The lowest BCUT2D eigenvalue weighted by atomic mass is 10.2. The van der Waals surface area contributed by atoms with E-state index in [1.807, 2.05) is 0 Å². The van der Waals surface area contributed by atoms with E-state index in [2.05, 4.69) is 10.2 Å². The molecule has 2 aromatic carbocycles. The van der Waals surface area contributed by atoms with Gasteiger partial charge in [-0.15, -0.1) is 10.2 Å². The molecule has 0 saturated carbocycles. The highest BCUT2D eigenvalue weighted by molar-refractivity contribution is 7.98. The summed E-state index contributed by atoms with van der Waals surface area (Å²) in [4.78, 5) is 10.6. The van der Waals surface area contributed by atoms with Gasteiger partial charge in [0.1, 0.15) is 5.82 Å². The van der Waals surface area contributed by atoms with Crippen LogP contribution in [-0.4, -0.2) is 19.8 Å². The van der Waals surface area contributed by atoms with Crippen molar-refractivity contribution >= 4 is 17.4 Å².